The Bertz CT molecular complexity index is 1330. The Balaban J connectivity index is 1.32. The molecule has 0 bridgehead atoms. The summed E-state index contributed by atoms with van der Waals surface area (Å²) in [5.74, 6) is 0.332. The summed E-state index contributed by atoms with van der Waals surface area (Å²) in [5, 5.41) is 4.48. The van der Waals surface area contributed by atoms with E-state index in [1.54, 1.807) is 10.5 Å². The predicted octanol–water partition coefficient (Wildman–Crippen LogP) is 3.46. The van der Waals surface area contributed by atoms with Crippen LogP contribution in [0.2, 0.25) is 0 Å². The van der Waals surface area contributed by atoms with Crippen molar-refractivity contribution in [3.63, 3.8) is 0 Å². The van der Waals surface area contributed by atoms with Crippen LogP contribution in [0.4, 0.5) is 5.69 Å². The third-order valence-corrected chi connectivity index (χ3v) is 9.04. The smallest absolute Gasteiger partial charge is 0.311 e. The fourth-order valence-electron chi connectivity index (χ4n) is 5.09. The molecule has 1 aliphatic carbocycles. The number of hydrogen-bond acceptors (Lipinski definition) is 6. The first-order valence-corrected chi connectivity index (χ1v) is 14.7. The molecular formula is C28H34N4O4S. The van der Waals surface area contributed by atoms with Gasteiger partial charge in [-0.3, -0.25) is 4.79 Å². The Hall–Kier alpha value is -3.17. The highest BCUT2D eigenvalue weighted by molar-refractivity contribution is 7.88. The lowest BCUT2D eigenvalue weighted by Gasteiger charge is -2.36. The molecule has 1 aromatic heterocycles. The van der Waals surface area contributed by atoms with Gasteiger partial charge in [0.1, 0.15) is 5.69 Å². The van der Waals surface area contributed by atoms with Gasteiger partial charge >= 0.3 is 5.56 Å². The first-order valence-electron chi connectivity index (χ1n) is 13.1. The lowest BCUT2D eigenvalue weighted by Crippen LogP contribution is -2.49. The van der Waals surface area contributed by atoms with E-state index >= 15 is 0 Å². The highest BCUT2D eigenvalue weighted by Gasteiger charge is 2.30. The molecule has 0 spiro atoms. The molecular weight excluding hydrogens is 488 g/mol. The standard InChI is InChI=1S/C28H34N4O4S/c33-28-27(36-25-13-7-8-14-25)26(21-29-32(28)16-15-23-9-3-1-4-10-23)30-17-19-31(20-18-30)37(34,35)22-24-11-5-2-6-12-24/h1-6,9-12,21,25H,7-8,13-20,22H2. The van der Waals surface area contributed by atoms with Crippen LogP contribution in [-0.4, -0.2) is 54.8 Å². The number of sulfonamides is 1. The van der Waals surface area contributed by atoms with Gasteiger partial charge in [-0.2, -0.15) is 9.40 Å². The highest BCUT2D eigenvalue weighted by atomic mass is 32.2. The van der Waals surface area contributed by atoms with Crippen LogP contribution in [0.1, 0.15) is 36.8 Å². The third-order valence-electron chi connectivity index (χ3n) is 7.19. The summed E-state index contributed by atoms with van der Waals surface area (Å²) >= 11 is 0. The van der Waals surface area contributed by atoms with Crippen molar-refractivity contribution in [2.75, 3.05) is 31.1 Å². The van der Waals surface area contributed by atoms with Gasteiger partial charge in [0.05, 0.1) is 18.1 Å². The Labute approximate surface area is 218 Å². The molecule has 2 aliphatic rings. The summed E-state index contributed by atoms with van der Waals surface area (Å²) in [5.41, 5.74) is 2.36. The van der Waals surface area contributed by atoms with Crippen molar-refractivity contribution in [2.24, 2.45) is 0 Å². The van der Waals surface area contributed by atoms with Gasteiger partial charge in [-0.05, 0) is 43.2 Å². The molecule has 37 heavy (non-hydrogen) atoms. The van der Waals surface area contributed by atoms with E-state index in [0.717, 1.165) is 36.8 Å². The second-order valence-corrected chi connectivity index (χ2v) is 11.7. The topological polar surface area (TPSA) is 84.7 Å². The molecule has 9 heteroatoms. The minimum Gasteiger partial charge on any atom is -0.483 e. The van der Waals surface area contributed by atoms with Crippen LogP contribution in [0.25, 0.3) is 0 Å². The van der Waals surface area contributed by atoms with E-state index in [4.69, 9.17) is 4.74 Å². The second kappa shape index (κ2) is 11.5. The first kappa shape index (κ1) is 25.5. The van der Waals surface area contributed by atoms with Crippen LogP contribution in [0, 0.1) is 0 Å². The first-order chi connectivity index (χ1) is 18.0. The zero-order valence-electron chi connectivity index (χ0n) is 21.0. The monoisotopic (exact) mass is 522 g/mol. The maximum absolute atomic E-state index is 13.5. The van der Waals surface area contributed by atoms with Gasteiger partial charge in [-0.25, -0.2) is 13.1 Å². The lowest BCUT2D eigenvalue weighted by molar-refractivity contribution is 0.204. The molecule has 2 heterocycles. The summed E-state index contributed by atoms with van der Waals surface area (Å²) in [4.78, 5) is 15.5. The average molecular weight is 523 g/mol. The molecule has 196 valence electrons. The number of rotatable bonds is 9. The number of aromatic nitrogens is 2. The van der Waals surface area contributed by atoms with Crippen molar-refractivity contribution in [3.05, 3.63) is 88.3 Å². The highest BCUT2D eigenvalue weighted by Crippen LogP contribution is 2.30. The van der Waals surface area contributed by atoms with Crippen LogP contribution >= 0.6 is 0 Å². The van der Waals surface area contributed by atoms with E-state index in [2.05, 4.69) is 5.10 Å². The number of benzene rings is 2. The van der Waals surface area contributed by atoms with Gasteiger partial charge in [-0.1, -0.05) is 60.7 Å². The number of nitrogens with zero attached hydrogens (tertiary/aromatic N) is 4. The molecule has 0 N–H and O–H groups in total. The van der Waals surface area contributed by atoms with Crippen LogP contribution < -0.4 is 15.2 Å². The van der Waals surface area contributed by atoms with Crippen molar-refractivity contribution in [2.45, 2.75) is 50.5 Å². The van der Waals surface area contributed by atoms with Crippen molar-refractivity contribution in [1.82, 2.24) is 14.1 Å². The average Bonchev–Trinajstić information content (AvgIpc) is 3.43. The van der Waals surface area contributed by atoms with E-state index in [1.807, 2.05) is 65.6 Å². The normalized spacial score (nSPS) is 17.2. The zero-order valence-corrected chi connectivity index (χ0v) is 21.9. The molecule has 3 aromatic rings. The summed E-state index contributed by atoms with van der Waals surface area (Å²) in [6.45, 7) is 2.13. The molecule has 0 amide bonds. The lowest BCUT2D eigenvalue weighted by atomic mass is 10.1. The molecule has 8 nitrogen and oxygen atoms in total. The van der Waals surface area contributed by atoms with E-state index in [-0.39, 0.29) is 17.4 Å². The Morgan fingerprint density at radius 1 is 0.865 bits per heavy atom. The molecule has 0 radical (unpaired) electrons. The minimum absolute atomic E-state index is 0.0110. The van der Waals surface area contributed by atoms with E-state index in [9.17, 15) is 13.2 Å². The second-order valence-electron chi connectivity index (χ2n) is 9.78. The van der Waals surface area contributed by atoms with E-state index < -0.39 is 10.0 Å². The van der Waals surface area contributed by atoms with Crippen LogP contribution in [0.15, 0.2) is 71.7 Å². The van der Waals surface area contributed by atoms with Gasteiger partial charge in [0.2, 0.25) is 15.8 Å². The molecule has 0 unspecified atom stereocenters. The van der Waals surface area contributed by atoms with E-state index in [1.165, 1.54) is 4.68 Å². The Kier molecular flexibility index (Phi) is 7.90. The van der Waals surface area contributed by atoms with Crippen molar-refractivity contribution in [1.29, 1.82) is 0 Å². The van der Waals surface area contributed by atoms with Crippen molar-refractivity contribution < 1.29 is 13.2 Å². The van der Waals surface area contributed by atoms with Gasteiger partial charge < -0.3 is 9.64 Å². The fourth-order valence-corrected chi connectivity index (χ4v) is 6.61. The fraction of sp³-hybridized carbons (Fsp3) is 0.429. The number of ether oxygens (including phenoxy) is 1. The minimum atomic E-state index is -3.43. The van der Waals surface area contributed by atoms with Crippen molar-refractivity contribution in [3.8, 4) is 5.75 Å². The predicted molar refractivity (Wildman–Crippen MR) is 144 cm³/mol. The van der Waals surface area contributed by atoms with Crippen LogP contribution in [0.3, 0.4) is 0 Å². The SMILES string of the molecule is O=c1c(OC2CCCC2)c(N2CCN(S(=O)(=O)Cc3ccccc3)CC2)cnn1CCc1ccccc1. The Morgan fingerprint density at radius 3 is 2.14 bits per heavy atom. The third kappa shape index (κ3) is 6.22. The zero-order chi connectivity index (χ0) is 25.7. The van der Waals surface area contributed by atoms with Crippen LogP contribution in [-0.2, 0) is 28.7 Å². The quantitative estimate of drug-likeness (QED) is 0.428. The maximum atomic E-state index is 13.5. The van der Waals surface area contributed by atoms with Gasteiger partial charge in [0.15, 0.2) is 0 Å². The summed E-state index contributed by atoms with van der Waals surface area (Å²) in [7, 11) is -3.43. The molecule has 0 atom stereocenters. The summed E-state index contributed by atoms with van der Waals surface area (Å²) in [6.07, 6.45) is 6.53. The molecule has 2 fully saturated rings. The number of hydrogen-bond donors (Lipinski definition) is 0. The number of anilines is 1. The van der Waals surface area contributed by atoms with Crippen LogP contribution in [0.5, 0.6) is 5.75 Å². The van der Waals surface area contributed by atoms with E-state index in [0.29, 0.717) is 50.6 Å². The summed E-state index contributed by atoms with van der Waals surface area (Å²) < 4.78 is 35.3. The largest absolute Gasteiger partial charge is 0.483 e. The van der Waals surface area contributed by atoms with Gasteiger partial charge in [0, 0.05) is 32.7 Å². The summed E-state index contributed by atoms with van der Waals surface area (Å²) in [6, 6.07) is 19.3. The van der Waals surface area contributed by atoms with Crippen molar-refractivity contribution >= 4 is 15.7 Å². The molecule has 5 rings (SSSR count). The molecule has 1 aliphatic heterocycles. The molecule has 1 saturated heterocycles. The molecule has 1 saturated carbocycles. The Morgan fingerprint density at radius 2 is 1.49 bits per heavy atom. The number of piperazine rings is 1. The van der Waals surface area contributed by atoms with Gasteiger partial charge in [-0.15, -0.1) is 0 Å². The molecule has 2 aromatic carbocycles. The van der Waals surface area contributed by atoms with Gasteiger partial charge in [0.25, 0.3) is 0 Å². The maximum Gasteiger partial charge on any atom is 0.311 e. The number of aryl methyl sites for hydroxylation is 2.